The zero-order chi connectivity index (χ0) is 18.4. The van der Waals surface area contributed by atoms with E-state index >= 15 is 0 Å². The number of nitrogens with one attached hydrogen (secondary N) is 2. The van der Waals surface area contributed by atoms with Crippen LogP contribution in [0.1, 0.15) is 15.9 Å². The minimum absolute atomic E-state index is 0.231. The molecule has 0 aliphatic rings. The molecule has 1 amide bonds. The minimum Gasteiger partial charge on any atom is -0.279 e. The summed E-state index contributed by atoms with van der Waals surface area (Å²) in [6, 6.07) is 18.7. The molecule has 3 rings (SSSR count). The van der Waals surface area contributed by atoms with Gasteiger partial charge in [0.1, 0.15) is 4.21 Å². The van der Waals surface area contributed by atoms with Crippen LogP contribution in [0.3, 0.4) is 0 Å². The summed E-state index contributed by atoms with van der Waals surface area (Å²) >= 11 is 1.13. The van der Waals surface area contributed by atoms with Crippen molar-refractivity contribution in [2.75, 3.05) is 4.72 Å². The second-order valence-corrected chi connectivity index (χ2v) is 8.08. The molecule has 2 aromatic carbocycles. The lowest BCUT2D eigenvalue weighted by molar-refractivity contribution is 0.0955. The van der Waals surface area contributed by atoms with Gasteiger partial charge in [-0.3, -0.25) is 9.52 Å². The molecule has 3 aromatic rings. The third-order valence-electron chi connectivity index (χ3n) is 3.34. The predicted molar refractivity (Wildman–Crippen MR) is 103 cm³/mol. The third kappa shape index (κ3) is 4.56. The molecule has 0 spiro atoms. The van der Waals surface area contributed by atoms with Gasteiger partial charge in [-0.15, -0.1) is 11.3 Å². The molecule has 26 heavy (non-hydrogen) atoms. The van der Waals surface area contributed by atoms with Gasteiger partial charge in [0.05, 0.1) is 6.21 Å². The maximum absolute atomic E-state index is 12.2. The van der Waals surface area contributed by atoms with E-state index in [0.29, 0.717) is 11.3 Å². The van der Waals surface area contributed by atoms with Crippen LogP contribution in [0.5, 0.6) is 0 Å². The molecular formula is C18H15N3O3S2. The van der Waals surface area contributed by atoms with Gasteiger partial charge >= 0.3 is 0 Å². The third-order valence-corrected chi connectivity index (χ3v) is 6.12. The Balaban J connectivity index is 1.62. The summed E-state index contributed by atoms with van der Waals surface area (Å²) in [4.78, 5) is 12.1. The number of amides is 1. The Labute approximate surface area is 155 Å². The first-order valence-electron chi connectivity index (χ1n) is 7.59. The molecule has 1 aromatic heterocycles. The van der Waals surface area contributed by atoms with Crippen LogP contribution >= 0.6 is 11.3 Å². The lowest BCUT2D eigenvalue weighted by Crippen LogP contribution is -2.17. The fourth-order valence-electron chi connectivity index (χ4n) is 2.08. The van der Waals surface area contributed by atoms with Crippen molar-refractivity contribution in [1.82, 2.24) is 5.43 Å². The average Bonchev–Trinajstić information content (AvgIpc) is 3.19. The fraction of sp³-hybridized carbons (Fsp3) is 0. The number of carbonyl (C=O) groups excluding carboxylic acids is 1. The number of hydrazone groups is 1. The van der Waals surface area contributed by atoms with Crippen LogP contribution in [-0.2, 0) is 10.0 Å². The maximum Gasteiger partial charge on any atom is 0.271 e. The standard InChI is InChI=1S/C18H15N3O3S2/c22-18(20-19-13-14-5-2-1-3-6-14)15-8-10-16(11-9-15)21-26(23,24)17-7-4-12-25-17/h1-13,21H,(H,20,22)/b19-13-. The molecule has 2 N–H and O–H groups in total. The van der Waals surface area contributed by atoms with Crippen LogP contribution in [0.15, 0.2) is 81.4 Å². The Bertz CT molecular complexity index is 998. The zero-order valence-electron chi connectivity index (χ0n) is 13.5. The highest BCUT2D eigenvalue weighted by Crippen LogP contribution is 2.20. The summed E-state index contributed by atoms with van der Waals surface area (Å²) < 4.78 is 27.0. The number of hydrogen-bond acceptors (Lipinski definition) is 5. The van der Waals surface area contributed by atoms with Gasteiger partial charge in [-0.05, 0) is 41.3 Å². The van der Waals surface area contributed by atoms with Crippen molar-refractivity contribution in [3.8, 4) is 0 Å². The molecule has 0 bridgehead atoms. The van der Waals surface area contributed by atoms with Gasteiger partial charge in [-0.25, -0.2) is 13.8 Å². The smallest absolute Gasteiger partial charge is 0.271 e. The molecule has 0 unspecified atom stereocenters. The maximum atomic E-state index is 12.2. The molecular weight excluding hydrogens is 370 g/mol. The molecule has 0 atom stereocenters. The number of rotatable bonds is 6. The van der Waals surface area contributed by atoms with Gasteiger partial charge in [0.15, 0.2) is 0 Å². The van der Waals surface area contributed by atoms with Crippen molar-refractivity contribution < 1.29 is 13.2 Å². The van der Waals surface area contributed by atoms with Crippen molar-refractivity contribution in [2.45, 2.75) is 4.21 Å². The first-order valence-corrected chi connectivity index (χ1v) is 9.96. The topological polar surface area (TPSA) is 87.6 Å². The zero-order valence-corrected chi connectivity index (χ0v) is 15.1. The fourth-order valence-corrected chi connectivity index (χ4v) is 4.13. The Morgan fingerprint density at radius 2 is 1.69 bits per heavy atom. The first kappa shape index (κ1) is 17.8. The van der Waals surface area contributed by atoms with Gasteiger partial charge in [0.2, 0.25) is 0 Å². The number of carbonyl (C=O) groups is 1. The Kier molecular flexibility index (Phi) is 5.45. The van der Waals surface area contributed by atoms with Gasteiger partial charge in [0, 0.05) is 11.3 Å². The highest BCUT2D eigenvalue weighted by molar-refractivity contribution is 7.94. The number of hydrogen-bond donors (Lipinski definition) is 2. The predicted octanol–water partition coefficient (Wildman–Crippen LogP) is 3.31. The first-order chi connectivity index (χ1) is 12.5. The normalized spacial score (nSPS) is 11.4. The summed E-state index contributed by atoms with van der Waals surface area (Å²) in [6.45, 7) is 0. The molecule has 132 valence electrons. The molecule has 0 radical (unpaired) electrons. The lowest BCUT2D eigenvalue weighted by Gasteiger charge is -2.07. The monoisotopic (exact) mass is 385 g/mol. The largest absolute Gasteiger partial charge is 0.279 e. The number of thiophene rings is 1. The van der Waals surface area contributed by atoms with E-state index in [1.807, 2.05) is 30.3 Å². The number of sulfonamides is 1. The Morgan fingerprint density at radius 3 is 2.35 bits per heavy atom. The summed E-state index contributed by atoms with van der Waals surface area (Å²) in [5.41, 5.74) is 4.05. The number of nitrogens with zero attached hydrogens (tertiary/aromatic N) is 1. The molecule has 0 saturated heterocycles. The number of anilines is 1. The Morgan fingerprint density at radius 1 is 0.962 bits per heavy atom. The highest BCUT2D eigenvalue weighted by Gasteiger charge is 2.15. The second-order valence-electron chi connectivity index (χ2n) is 5.22. The van der Waals surface area contributed by atoms with Crippen LogP contribution in [0.25, 0.3) is 0 Å². The van der Waals surface area contributed by atoms with E-state index in [2.05, 4.69) is 15.2 Å². The van der Waals surface area contributed by atoms with Crippen LogP contribution in [-0.4, -0.2) is 20.5 Å². The van der Waals surface area contributed by atoms with Gasteiger partial charge in [-0.1, -0.05) is 36.4 Å². The quantitative estimate of drug-likeness (QED) is 0.504. The van der Waals surface area contributed by atoms with E-state index in [0.717, 1.165) is 16.9 Å². The van der Waals surface area contributed by atoms with Crippen molar-refractivity contribution >= 4 is 39.2 Å². The van der Waals surface area contributed by atoms with E-state index < -0.39 is 10.0 Å². The lowest BCUT2D eigenvalue weighted by atomic mass is 10.2. The molecule has 0 fully saturated rings. The summed E-state index contributed by atoms with van der Waals surface area (Å²) in [5, 5.41) is 5.59. The van der Waals surface area contributed by atoms with Crippen LogP contribution in [0, 0.1) is 0 Å². The molecule has 6 nitrogen and oxygen atoms in total. The number of benzene rings is 2. The van der Waals surface area contributed by atoms with E-state index in [1.165, 1.54) is 30.3 Å². The van der Waals surface area contributed by atoms with Crippen molar-refractivity contribution in [2.24, 2.45) is 5.10 Å². The van der Waals surface area contributed by atoms with E-state index in [-0.39, 0.29) is 10.1 Å². The van der Waals surface area contributed by atoms with E-state index in [9.17, 15) is 13.2 Å². The Hall–Kier alpha value is -2.97. The molecule has 1 heterocycles. The van der Waals surface area contributed by atoms with Crippen molar-refractivity contribution in [3.05, 3.63) is 83.2 Å². The molecule has 0 aliphatic carbocycles. The molecule has 0 aliphatic heterocycles. The van der Waals surface area contributed by atoms with Crippen LogP contribution in [0.2, 0.25) is 0 Å². The van der Waals surface area contributed by atoms with Gasteiger partial charge < -0.3 is 0 Å². The van der Waals surface area contributed by atoms with Crippen LogP contribution < -0.4 is 10.1 Å². The molecule has 8 heteroatoms. The van der Waals surface area contributed by atoms with Crippen molar-refractivity contribution in [3.63, 3.8) is 0 Å². The average molecular weight is 385 g/mol. The second kappa shape index (κ2) is 7.94. The summed E-state index contributed by atoms with van der Waals surface area (Å²) in [6.07, 6.45) is 1.54. The van der Waals surface area contributed by atoms with Gasteiger partial charge in [-0.2, -0.15) is 5.10 Å². The summed E-state index contributed by atoms with van der Waals surface area (Å²) in [5.74, 6) is -0.384. The van der Waals surface area contributed by atoms with Gasteiger partial charge in [0.25, 0.3) is 15.9 Å². The minimum atomic E-state index is -3.60. The van der Waals surface area contributed by atoms with Crippen molar-refractivity contribution in [1.29, 1.82) is 0 Å². The highest BCUT2D eigenvalue weighted by atomic mass is 32.2. The molecule has 0 saturated carbocycles. The summed E-state index contributed by atoms with van der Waals surface area (Å²) in [7, 11) is -3.60. The van der Waals surface area contributed by atoms with Crippen LogP contribution in [0.4, 0.5) is 5.69 Å². The van der Waals surface area contributed by atoms with E-state index in [1.54, 1.807) is 17.7 Å². The SMILES string of the molecule is O=C(N/N=C\c1ccccc1)c1ccc(NS(=O)(=O)c2cccs2)cc1. The van der Waals surface area contributed by atoms with E-state index in [4.69, 9.17) is 0 Å².